The van der Waals surface area contributed by atoms with E-state index in [9.17, 15) is 0 Å². The summed E-state index contributed by atoms with van der Waals surface area (Å²) in [7, 11) is 0. The highest BCUT2D eigenvalue weighted by atomic mass is 35.5. The van der Waals surface area contributed by atoms with E-state index in [4.69, 9.17) is 28.3 Å². The molecule has 0 unspecified atom stereocenters. The minimum atomic E-state index is -0.358. The Morgan fingerprint density at radius 2 is 2.14 bits per heavy atom. The van der Waals surface area contributed by atoms with E-state index in [1.807, 2.05) is 6.07 Å². The monoisotopic (exact) mass is 231 g/mol. The molecule has 0 radical (unpaired) electrons. The summed E-state index contributed by atoms with van der Waals surface area (Å²) in [5, 5.41) is 9.04. The standard InChI is InChI=1S/C9H10ClN3.ClH/c10-6-1-2-8(12)7(5-6)9(13)3-4-11;/h1-2,5,9H,3,12-13H2;1H/t9-;/m1./s1. The summed E-state index contributed by atoms with van der Waals surface area (Å²) in [6, 6.07) is 6.71. The van der Waals surface area contributed by atoms with Gasteiger partial charge in [0.05, 0.1) is 12.5 Å². The Bertz CT molecular complexity index is 346. The van der Waals surface area contributed by atoms with E-state index in [0.717, 1.165) is 5.56 Å². The van der Waals surface area contributed by atoms with Crippen molar-refractivity contribution in [3.8, 4) is 6.07 Å². The minimum absolute atomic E-state index is 0. The number of nitrogens with two attached hydrogens (primary N) is 2. The van der Waals surface area contributed by atoms with E-state index in [1.165, 1.54) is 0 Å². The molecule has 0 fully saturated rings. The maximum absolute atomic E-state index is 8.45. The van der Waals surface area contributed by atoms with Gasteiger partial charge in [0.25, 0.3) is 0 Å². The third-order valence-electron chi connectivity index (χ3n) is 1.76. The van der Waals surface area contributed by atoms with Crippen LogP contribution in [0.1, 0.15) is 18.0 Å². The van der Waals surface area contributed by atoms with Crippen molar-refractivity contribution in [1.29, 1.82) is 5.26 Å². The summed E-state index contributed by atoms with van der Waals surface area (Å²) < 4.78 is 0. The molecule has 0 saturated carbocycles. The molecule has 0 aromatic heterocycles. The topological polar surface area (TPSA) is 75.8 Å². The van der Waals surface area contributed by atoms with E-state index in [1.54, 1.807) is 18.2 Å². The first kappa shape index (κ1) is 13.1. The number of benzene rings is 1. The van der Waals surface area contributed by atoms with Crippen LogP contribution < -0.4 is 11.5 Å². The fraction of sp³-hybridized carbons (Fsp3) is 0.222. The number of hydrogen-bond acceptors (Lipinski definition) is 3. The number of hydrogen-bond donors (Lipinski definition) is 2. The summed E-state index contributed by atoms with van der Waals surface area (Å²) in [6.07, 6.45) is 0.241. The van der Waals surface area contributed by atoms with Gasteiger partial charge < -0.3 is 11.5 Å². The molecule has 1 rings (SSSR count). The summed E-state index contributed by atoms with van der Waals surface area (Å²) in [6.45, 7) is 0. The van der Waals surface area contributed by atoms with Gasteiger partial charge in [-0.2, -0.15) is 5.26 Å². The van der Waals surface area contributed by atoms with Crippen LogP contribution in [0.25, 0.3) is 0 Å². The van der Waals surface area contributed by atoms with Crippen molar-refractivity contribution in [3.63, 3.8) is 0 Å². The minimum Gasteiger partial charge on any atom is -0.398 e. The predicted molar refractivity (Wildman–Crippen MR) is 60.3 cm³/mol. The normalized spacial score (nSPS) is 11.2. The lowest BCUT2D eigenvalue weighted by Crippen LogP contribution is -2.11. The molecule has 0 spiro atoms. The lowest BCUT2D eigenvalue weighted by atomic mass is 10.0. The highest BCUT2D eigenvalue weighted by molar-refractivity contribution is 6.30. The van der Waals surface area contributed by atoms with Gasteiger partial charge in [0.2, 0.25) is 0 Å². The first-order valence-corrected chi connectivity index (χ1v) is 4.20. The van der Waals surface area contributed by atoms with E-state index in [0.29, 0.717) is 10.7 Å². The van der Waals surface area contributed by atoms with Crippen LogP contribution in [0.2, 0.25) is 5.02 Å². The number of nitrogens with zero attached hydrogens (tertiary/aromatic N) is 1. The summed E-state index contributed by atoms with van der Waals surface area (Å²) in [5.74, 6) is 0. The van der Waals surface area contributed by atoms with Crippen molar-refractivity contribution in [2.75, 3.05) is 5.73 Å². The van der Waals surface area contributed by atoms with E-state index in [-0.39, 0.29) is 24.9 Å². The molecule has 0 aliphatic heterocycles. The average molecular weight is 232 g/mol. The van der Waals surface area contributed by atoms with E-state index in [2.05, 4.69) is 0 Å². The van der Waals surface area contributed by atoms with Crippen molar-refractivity contribution in [3.05, 3.63) is 28.8 Å². The zero-order valence-corrected chi connectivity index (χ0v) is 8.98. The van der Waals surface area contributed by atoms with Gasteiger partial charge in [-0.05, 0) is 23.8 Å². The number of halogens is 2. The van der Waals surface area contributed by atoms with Gasteiger partial charge in [0, 0.05) is 16.8 Å². The molecule has 0 aliphatic carbocycles. The largest absolute Gasteiger partial charge is 0.398 e. The Hall–Kier alpha value is -0.950. The molecule has 1 aromatic carbocycles. The molecule has 76 valence electrons. The fourth-order valence-electron chi connectivity index (χ4n) is 1.08. The molecule has 0 amide bonds. The quantitative estimate of drug-likeness (QED) is 0.768. The molecule has 0 saturated heterocycles. The third kappa shape index (κ3) is 3.08. The SMILES string of the molecule is Cl.N#CC[C@@H](N)c1cc(Cl)ccc1N. The van der Waals surface area contributed by atoms with Crippen molar-refractivity contribution in [2.45, 2.75) is 12.5 Å². The van der Waals surface area contributed by atoms with Crippen LogP contribution >= 0.6 is 24.0 Å². The molecular weight excluding hydrogens is 221 g/mol. The maximum Gasteiger partial charge on any atom is 0.0641 e. The second-order valence-corrected chi connectivity index (χ2v) is 3.18. The lowest BCUT2D eigenvalue weighted by Gasteiger charge is -2.10. The first-order valence-electron chi connectivity index (χ1n) is 3.82. The van der Waals surface area contributed by atoms with Crippen LogP contribution in [0.3, 0.4) is 0 Å². The Labute approximate surface area is 94.1 Å². The molecule has 4 N–H and O–H groups in total. The highest BCUT2D eigenvalue weighted by Gasteiger charge is 2.09. The zero-order chi connectivity index (χ0) is 9.84. The summed E-state index contributed by atoms with van der Waals surface area (Å²) in [5.41, 5.74) is 12.7. The van der Waals surface area contributed by atoms with Gasteiger partial charge >= 0.3 is 0 Å². The van der Waals surface area contributed by atoms with Crippen LogP contribution in [0, 0.1) is 11.3 Å². The van der Waals surface area contributed by atoms with Crippen LogP contribution in [-0.2, 0) is 0 Å². The number of nitriles is 1. The van der Waals surface area contributed by atoms with Gasteiger partial charge in [-0.1, -0.05) is 11.6 Å². The molecule has 1 atom stereocenters. The third-order valence-corrected chi connectivity index (χ3v) is 1.99. The number of nitrogen functional groups attached to an aromatic ring is 1. The van der Waals surface area contributed by atoms with Crippen LogP contribution in [0.5, 0.6) is 0 Å². The predicted octanol–water partition coefficient (Wildman–Crippen LogP) is 2.26. The molecule has 0 bridgehead atoms. The Kier molecular flexibility index (Phi) is 5.32. The molecule has 0 aliphatic rings. The van der Waals surface area contributed by atoms with Crippen molar-refractivity contribution < 1.29 is 0 Å². The molecule has 1 aromatic rings. The number of rotatable bonds is 2. The smallest absolute Gasteiger partial charge is 0.0641 e. The van der Waals surface area contributed by atoms with Crippen LogP contribution in [0.4, 0.5) is 5.69 Å². The molecular formula is C9H11Cl2N3. The van der Waals surface area contributed by atoms with Gasteiger partial charge in [-0.25, -0.2) is 0 Å². The van der Waals surface area contributed by atoms with E-state index >= 15 is 0 Å². The first-order chi connectivity index (χ1) is 6.15. The molecule has 14 heavy (non-hydrogen) atoms. The Morgan fingerprint density at radius 1 is 1.50 bits per heavy atom. The zero-order valence-electron chi connectivity index (χ0n) is 7.40. The fourth-order valence-corrected chi connectivity index (χ4v) is 1.26. The van der Waals surface area contributed by atoms with Gasteiger partial charge in [0.15, 0.2) is 0 Å². The van der Waals surface area contributed by atoms with Crippen LogP contribution in [0.15, 0.2) is 18.2 Å². The number of anilines is 1. The van der Waals surface area contributed by atoms with Crippen LogP contribution in [-0.4, -0.2) is 0 Å². The molecule has 0 heterocycles. The lowest BCUT2D eigenvalue weighted by molar-refractivity contribution is 0.751. The molecule has 5 heteroatoms. The van der Waals surface area contributed by atoms with Gasteiger partial charge in [0.1, 0.15) is 0 Å². The van der Waals surface area contributed by atoms with Crippen molar-refractivity contribution in [2.24, 2.45) is 5.73 Å². The van der Waals surface area contributed by atoms with Gasteiger partial charge in [-0.15, -0.1) is 12.4 Å². The highest BCUT2D eigenvalue weighted by Crippen LogP contribution is 2.24. The maximum atomic E-state index is 8.45. The Morgan fingerprint density at radius 3 is 2.71 bits per heavy atom. The summed E-state index contributed by atoms with van der Waals surface area (Å²) >= 11 is 5.77. The van der Waals surface area contributed by atoms with E-state index < -0.39 is 0 Å². The Balaban J connectivity index is 0.00000169. The van der Waals surface area contributed by atoms with Gasteiger partial charge in [-0.3, -0.25) is 0 Å². The van der Waals surface area contributed by atoms with Crippen molar-refractivity contribution >= 4 is 29.7 Å². The average Bonchev–Trinajstić information content (AvgIpc) is 2.09. The second-order valence-electron chi connectivity index (χ2n) is 2.74. The molecule has 3 nitrogen and oxygen atoms in total. The second kappa shape index (κ2) is 5.71. The summed E-state index contributed by atoms with van der Waals surface area (Å²) in [4.78, 5) is 0. The van der Waals surface area contributed by atoms with Crippen molar-refractivity contribution in [1.82, 2.24) is 0 Å².